The summed E-state index contributed by atoms with van der Waals surface area (Å²) < 4.78 is 1.69. The molecular weight excluding hydrogens is 445 g/mol. The monoisotopic (exact) mass is 453 g/mol. The molecule has 0 unspecified atom stereocenters. The van der Waals surface area contributed by atoms with E-state index in [2.05, 4.69) is 9.97 Å². The number of thiazole rings is 1. The molecule has 0 aliphatic carbocycles. The fraction of sp³-hybridized carbons (Fsp3) is 0.0556. The van der Waals surface area contributed by atoms with Gasteiger partial charge in [-0.1, -0.05) is 58.3 Å². The van der Waals surface area contributed by atoms with Gasteiger partial charge in [0.05, 0.1) is 31.9 Å². The SMILES string of the molecule is O=C(c1cc(Cl)sc1Cl)N(Cc1ccccn1)c1nc2c(Cl)cccc2s1. The van der Waals surface area contributed by atoms with Gasteiger partial charge in [0.25, 0.3) is 5.91 Å². The highest BCUT2D eigenvalue weighted by molar-refractivity contribution is 7.22. The van der Waals surface area contributed by atoms with E-state index in [4.69, 9.17) is 34.8 Å². The van der Waals surface area contributed by atoms with E-state index >= 15 is 0 Å². The second kappa shape index (κ2) is 7.73. The number of benzene rings is 1. The van der Waals surface area contributed by atoms with E-state index in [1.807, 2.05) is 30.3 Å². The maximum Gasteiger partial charge on any atom is 0.262 e. The summed E-state index contributed by atoms with van der Waals surface area (Å²) in [6.45, 7) is 0.251. The summed E-state index contributed by atoms with van der Waals surface area (Å²) in [6, 6.07) is 12.7. The first-order valence-corrected chi connectivity index (χ1v) is 10.5. The molecule has 0 spiro atoms. The highest BCUT2D eigenvalue weighted by Crippen LogP contribution is 2.36. The summed E-state index contributed by atoms with van der Waals surface area (Å²) in [5.41, 5.74) is 1.73. The van der Waals surface area contributed by atoms with Gasteiger partial charge in [-0.25, -0.2) is 4.98 Å². The van der Waals surface area contributed by atoms with Crippen LogP contribution in [0.5, 0.6) is 0 Å². The third kappa shape index (κ3) is 3.81. The fourth-order valence-electron chi connectivity index (χ4n) is 2.53. The maximum atomic E-state index is 13.2. The van der Waals surface area contributed by atoms with E-state index in [0.29, 0.717) is 29.9 Å². The molecule has 1 amide bonds. The third-order valence-corrected chi connectivity index (χ3v) is 6.60. The number of para-hydroxylation sites is 1. The Morgan fingerprint density at radius 1 is 1.07 bits per heavy atom. The van der Waals surface area contributed by atoms with Crippen LogP contribution in [-0.2, 0) is 6.54 Å². The predicted molar refractivity (Wildman–Crippen MR) is 114 cm³/mol. The molecule has 0 bridgehead atoms. The Morgan fingerprint density at radius 2 is 1.93 bits per heavy atom. The van der Waals surface area contributed by atoms with Gasteiger partial charge in [0.15, 0.2) is 5.13 Å². The smallest absolute Gasteiger partial charge is 0.262 e. The van der Waals surface area contributed by atoms with Crippen LogP contribution in [0.15, 0.2) is 48.7 Å². The molecule has 1 aromatic carbocycles. The summed E-state index contributed by atoms with van der Waals surface area (Å²) >= 11 is 21.0. The number of anilines is 1. The number of pyridine rings is 1. The molecule has 0 fully saturated rings. The Hall–Kier alpha value is -1.70. The molecule has 0 saturated heterocycles. The van der Waals surface area contributed by atoms with Crippen LogP contribution in [-0.4, -0.2) is 15.9 Å². The van der Waals surface area contributed by atoms with Crippen molar-refractivity contribution in [1.29, 1.82) is 0 Å². The first kappa shape index (κ1) is 18.7. The van der Waals surface area contributed by atoms with Crippen molar-refractivity contribution in [1.82, 2.24) is 9.97 Å². The zero-order valence-corrected chi connectivity index (χ0v) is 17.4. The molecule has 27 heavy (non-hydrogen) atoms. The topological polar surface area (TPSA) is 46.1 Å². The van der Waals surface area contributed by atoms with Crippen LogP contribution in [0.4, 0.5) is 5.13 Å². The Morgan fingerprint density at radius 3 is 2.59 bits per heavy atom. The van der Waals surface area contributed by atoms with Crippen molar-refractivity contribution in [2.24, 2.45) is 0 Å². The van der Waals surface area contributed by atoms with Crippen LogP contribution in [0.2, 0.25) is 13.7 Å². The van der Waals surface area contributed by atoms with Gasteiger partial charge in [0, 0.05) is 6.20 Å². The summed E-state index contributed by atoms with van der Waals surface area (Å²) in [5.74, 6) is -0.288. The Kier molecular flexibility index (Phi) is 5.34. The molecule has 0 aliphatic rings. The van der Waals surface area contributed by atoms with Gasteiger partial charge >= 0.3 is 0 Å². The highest BCUT2D eigenvalue weighted by atomic mass is 35.5. The molecule has 4 aromatic rings. The van der Waals surface area contributed by atoms with Crippen LogP contribution in [0.1, 0.15) is 16.1 Å². The van der Waals surface area contributed by atoms with Gasteiger partial charge in [-0.15, -0.1) is 11.3 Å². The highest BCUT2D eigenvalue weighted by Gasteiger charge is 2.25. The van der Waals surface area contributed by atoms with Crippen molar-refractivity contribution < 1.29 is 4.79 Å². The average Bonchev–Trinajstić information content (AvgIpc) is 3.23. The molecule has 0 saturated carbocycles. The summed E-state index contributed by atoms with van der Waals surface area (Å²) in [7, 11) is 0. The van der Waals surface area contributed by atoms with Crippen molar-refractivity contribution in [3.63, 3.8) is 0 Å². The number of carbonyl (C=O) groups is 1. The lowest BCUT2D eigenvalue weighted by molar-refractivity contribution is 0.0985. The number of nitrogens with zero attached hydrogens (tertiary/aromatic N) is 3. The minimum absolute atomic E-state index is 0.251. The van der Waals surface area contributed by atoms with Gasteiger partial charge in [-0.2, -0.15) is 0 Å². The first-order chi connectivity index (χ1) is 13.0. The molecule has 3 heterocycles. The normalized spacial score (nSPS) is 11.1. The molecule has 9 heteroatoms. The number of fused-ring (bicyclic) bond motifs is 1. The Labute approximate surface area is 178 Å². The van der Waals surface area contributed by atoms with Crippen molar-refractivity contribution >= 4 is 78.7 Å². The Balaban J connectivity index is 1.80. The number of aromatic nitrogens is 2. The standard InChI is InChI=1S/C18H10Cl3N3OS2/c19-12-5-3-6-13-15(12)23-18(26-13)24(9-10-4-1-2-7-22-10)17(25)11-8-14(20)27-16(11)21/h1-8H,9H2. The lowest BCUT2D eigenvalue weighted by Gasteiger charge is -2.19. The van der Waals surface area contributed by atoms with E-state index in [1.54, 1.807) is 23.2 Å². The lowest BCUT2D eigenvalue weighted by Crippen LogP contribution is -2.30. The van der Waals surface area contributed by atoms with Crippen LogP contribution >= 0.6 is 57.5 Å². The van der Waals surface area contributed by atoms with Crippen molar-refractivity contribution in [2.45, 2.75) is 6.54 Å². The first-order valence-electron chi connectivity index (χ1n) is 7.74. The number of hydrogen-bond donors (Lipinski definition) is 0. The lowest BCUT2D eigenvalue weighted by atomic mass is 10.2. The zero-order chi connectivity index (χ0) is 19.0. The van der Waals surface area contributed by atoms with E-state index in [9.17, 15) is 4.79 Å². The van der Waals surface area contributed by atoms with E-state index in [1.165, 1.54) is 11.3 Å². The number of halogens is 3. The largest absolute Gasteiger partial charge is 0.278 e. The van der Waals surface area contributed by atoms with Crippen LogP contribution in [0.25, 0.3) is 10.2 Å². The molecule has 0 radical (unpaired) electrons. The minimum atomic E-state index is -0.288. The van der Waals surface area contributed by atoms with Gasteiger partial charge < -0.3 is 0 Å². The quantitative estimate of drug-likeness (QED) is 0.351. The van der Waals surface area contributed by atoms with E-state index in [-0.39, 0.29) is 12.5 Å². The average molecular weight is 455 g/mol. The number of hydrogen-bond acceptors (Lipinski definition) is 5. The maximum absolute atomic E-state index is 13.2. The van der Waals surface area contributed by atoms with Gasteiger partial charge in [0.1, 0.15) is 9.85 Å². The molecule has 0 N–H and O–H groups in total. The van der Waals surface area contributed by atoms with Crippen molar-refractivity contribution in [2.75, 3.05) is 4.90 Å². The van der Waals surface area contributed by atoms with Crippen LogP contribution in [0, 0.1) is 0 Å². The second-order valence-electron chi connectivity index (χ2n) is 5.53. The minimum Gasteiger partial charge on any atom is -0.278 e. The molecule has 0 aliphatic heterocycles. The van der Waals surface area contributed by atoms with Crippen molar-refractivity contribution in [3.8, 4) is 0 Å². The van der Waals surface area contributed by atoms with Crippen LogP contribution < -0.4 is 4.90 Å². The van der Waals surface area contributed by atoms with Crippen molar-refractivity contribution in [3.05, 3.63) is 73.6 Å². The van der Waals surface area contributed by atoms with Gasteiger partial charge in [-0.3, -0.25) is 14.7 Å². The summed E-state index contributed by atoms with van der Waals surface area (Å²) in [5, 5.41) is 1.06. The summed E-state index contributed by atoms with van der Waals surface area (Å²) in [6.07, 6.45) is 1.68. The molecule has 4 nitrogen and oxygen atoms in total. The number of rotatable bonds is 4. The fourth-order valence-corrected chi connectivity index (χ4v) is 5.24. The van der Waals surface area contributed by atoms with E-state index in [0.717, 1.165) is 21.7 Å². The zero-order valence-electron chi connectivity index (χ0n) is 13.5. The molecule has 4 rings (SSSR count). The number of carbonyl (C=O) groups excluding carboxylic acids is 1. The predicted octanol–water partition coefficient (Wildman–Crippen LogP) is 6.56. The Bertz CT molecular complexity index is 1130. The van der Waals surface area contributed by atoms with Gasteiger partial charge in [-0.05, 0) is 30.3 Å². The summed E-state index contributed by atoms with van der Waals surface area (Å²) in [4.78, 5) is 23.7. The number of thiophene rings is 1. The van der Waals surface area contributed by atoms with Gasteiger partial charge in [0.2, 0.25) is 0 Å². The molecular formula is C18H10Cl3N3OS2. The van der Waals surface area contributed by atoms with Crippen LogP contribution in [0.3, 0.4) is 0 Å². The molecule has 136 valence electrons. The number of amides is 1. The van der Waals surface area contributed by atoms with E-state index < -0.39 is 0 Å². The third-order valence-electron chi connectivity index (χ3n) is 3.77. The molecule has 3 aromatic heterocycles. The second-order valence-corrected chi connectivity index (χ2v) is 9.24. The molecule has 0 atom stereocenters.